The Hall–Kier alpha value is -5.75. The summed E-state index contributed by atoms with van der Waals surface area (Å²) in [4.78, 5) is 13.0. The molecule has 0 unspecified atom stereocenters. The quantitative estimate of drug-likeness (QED) is 0.312. The van der Waals surface area contributed by atoms with Gasteiger partial charge in [-0.3, -0.25) is 4.79 Å². The Morgan fingerprint density at radius 2 is 1.26 bits per heavy atom. The smallest absolute Gasteiger partial charge is 0.251 e. The summed E-state index contributed by atoms with van der Waals surface area (Å²) in [6.07, 6.45) is 4.52. The van der Waals surface area contributed by atoms with Crippen molar-refractivity contribution in [3.63, 3.8) is 0 Å². The van der Waals surface area contributed by atoms with Gasteiger partial charge in [-0.2, -0.15) is 0 Å². The molecule has 35 heavy (non-hydrogen) atoms. The second-order valence-electron chi connectivity index (χ2n) is 5.87. The van der Waals surface area contributed by atoms with Crippen molar-refractivity contribution in [3.8, 4) is 101 Å². The van der Waals surface area contributed by atoms with Crippen molar-refractivity contribution in [3.05, 3.63) is 55.1 Å². The second-order valence-corrected chi connectivity index (χ2v) is 5.87. The van der Waals surface area contributed by atoms with Crippen LogP contribution in [0.15, 0.2) is 49.6 Å². The molecule has 1 amide bonds. The number of amides is 1. The molecule has 0 saturated carbocycles. The average Bonchev–Trinajstić information content (AvgIpc) is 2.89. The molecule has 0 radical (unpaired) electrons. The van der Waals surface area contributed by atoms with Gasteiger partial charge in [-0.05, 0) is 59.8 Å². The maximum Gasteiger partial charge on any atom is 0.251 e. The third-order valence-corrected chi connectivity index (χ3v) is 3.38. The van der Waals surface area contributed by atoms with Crippen LogP contribution in [0.25, 0.3) is 0 Å². The standard InChI is InChI=1S/C31H20N2O2/c1-4-6-8-10-12-14-16-18-20-26-33(27-21-19-17-15-13-11-9-7-5-2)28-35-30-24-22-29(23-25-30)31(34)32-3/h4-5,22-25H,1-2,6-7,28H2,3H3,(H,32,34). The zero-order chi connectivity index (χ0) is 25.4. The Morgan fingerprint density at radius 3 is 1.71 bits per heavy atom. The fraction of sp³-hybridized carbons (Fsp3) is 0.129. The topological polar surface area (TPSA) is 41.6 Å². The third kappa shape index (κ3) is 14.0. The van der Waals surface area contributed by atoms with E-state index < -0.39 is 0 Å². The number of allylic oxidation sites excluding steroid dienone is 2. The van der Waals surface area contributed by atoms with Gasteiger partial charge in [0.2, 0.25) is 0 Å². The Bertz CT molecular complexity index is 1340. The van der Waals surface area contributed by atoms with E-state index in [-0.39, 0.29) is 12.6 Å². The van der Waals surface area contributed by atoms with E-state index in [2.05, 4.69) is 113 Å². The minimum Gasteiger partial charge on any atom is -0.471 e. The highest BCUT2D eigenvalue weighted by Gasteiger charge is 2.03. The molecule has 1 aromatic rings. The van der Waals surface area contributed by atoms with Gasteiger partial charge in [-0.25, -0.2) is 4.90 Å². The summed E-state index contributed by atoms with van der Waals surface area (Å²) >= 11 is 0. The van der Waals surface area contributed by atoms with Gasteiger partial charge in [0.15, 0.2) is 6.73 Å². The SMILES string of the molecule is C=CCC#CC#CC#CC#CN(C#CC#CC#CC#CCC=C)COc1ccc(C(=O)NC)cc1. The minimum atomic E-state index is -0.184. The van der Waals surface area contributed by atoms with Gasteiger partial charge >= 0.3 is 0 Å². The summed E-state index contributed by atoms with van der Waals surface area (Å²) in [6.45, 7) is 7.16. The van der Waals surface area contributed by atoms with E-state index in [1.165, 1.54) is 4.90 Å². The van der Waals surface area contributed by atoms with Gasteiger partial charge in [0.05, 0.1) is 0 Å². The van der Waals surface area contributed by atoms with Crippen LogP contribution in [-0.2, 0) is 0 Å². The van der Waals surface area contributed by atoms with E-state index in [1.54, 1.807) is 43.5 Å². The van der Waals surface area contributed by atoms with E-state index >= 15 is 0 Å². The van der Waals surface area contributed by atoms with Crippen LogP contribution >= 0.6 is 0 Å². The first kappa shape index (κ1) is 27.3. The Balaban J connectivity index is 2.90. The van der Waals surface area contributed by atoms with Gasteiger partial charge in [-0.15, -0.1) is 13.2 Å². The summed E-state index contributed by atoms with van der Waals surface area (Å²) in [7, 11) is 1.57. The van der Waals surface area contributed by atoms with Crippen LogP contribution < -0.4 is 10.1 Å². The molecule has 0 atom stereocenters. The molecule has 0 aliphatic heterocycles. The van der Waals surface area contributed by atoms with Crippen molar-refractivity contribution in [1.82, 2.24) is 10.2 Å². The molecule has 0 aromatic heterocycles. The molecule has 0 aliphatic rings. The predicted molar refractivity (Wildman–Crippen MR) is 139 cm³/mol. The average molecular weight is 453 g/mol. The van der Waals surface area contributed by atoms with Crippen LogP contribution in [0.2, 0.25) is 0 Å². The van der Waals surface area contributed by atoms with Crippen LogP contribution in [-0.4, -0.2) is 24.6 Å². The molecule has 0 fully saturated rings. The monoisotopic (exact) mass is 452 g/mol. The van der Waals surface area contributed by atoms with Crippen molar-refractivity contribution in [2.24, 2.45) is 0 Å². The Morgan fingerprint density at radius 1 is 0.800 bits per heavy atom. The minimum absolute atomic E-state index is 0.0140. The summed E-state index contributed by atoms with van der Waals surface area (Å²) in [5.74, 6) is 37.3. The maximum atomic E-state index is 11.6. The Labute approximate surface area is 208 Å². The van der Waals surface area contributed by atoms with Crippen molar-refractivity contribution >= 4 is 5.91 Å². The molecule has 0 aliphatic carbocycles. The molecule has 4 heteroatoms. The highest BCUT2D eigenvalue weighted by atomic mass is 16.5. The first-order chi connectivity index (χ1) is 17.2. The molecule has 0 bridgehead atoms. The molecule has 0 saturated heterocycles. The molecule has 1 rings (SSSR count). The van der Waals surface area contributed by atoms with Crippen LogP contribution in [0.4, 0.5) is 0 Å². The third-order valence-electron chi connectivity index (χ3n) is 3.38. The number of hydrogen-bond donors (Lipinski definition) is 1. The number of carbonyl (C=O) groups excluding carboxylic acids is 1. The number of hydrogen-bond acceptors (Lipinski definition) is 3. The number of ether oxygens (including phenoxy) is 1. The molecular weight excluding hydrogens is 432 g/mol. The summed E-state index contributed by atoms with van der Waals surface area (Å²) in [5.41, 5.74) is 0.521. The molecule has 0 heterocycles. The Kier molecular flexibility index (Phi) is 14.8. The summed E-state index contributed by atoms with van der Waals surface area (Å²) < 4.78 is 5.69. The van der Waals surface area contributed by atoms with Crippen molar-refractivity contribution in [2.75, 3.05) is 13.8 Å². The van der Waals surface area contributed by atoms with Crippen molar-refractivity contribution < 1.29 is 9.53 Å². The van der Waals surface area contributed by atoms with Gasteiger partial charge < -0.3 is 10.1 Å². The normalized spacial score (nSPS) is 7.00. The fourth-order valence-electron chi connectivity index (χ4n) is 1.85. The number of nitrogens with zero attached hydrogens (tertiary/aromatic N) is 1. The lowest BCUT2D eigenvalue weighted by atomic mass is 10.2. The first-order valence-electron chi connectivity index (χ1n) is 10.1. The molecule has 1 N–H and O–H groups in total. The zero-order valence-corrected chi connectivity index (χ0v) is 19.3. The molecule has 1 aromatic carbocycles. The highest BCUT2D eigenvalue weighted by Crippen LogP contribution is 2.12. The van der Waals surface area contributed by atoms with Gasteiger partial charge in [0.25, 0.3) is 5.91 Å². The van der Waals surface area contributed by atoms with Crippen molar-refractivity contribution in [1.29, 1.82) is 0 Å². The van der Waals surface area contributed by atoms with Gasteiger partial charge in [0.1, 0.15) is 5.75 Å². The summed E-state index contributed by atoms with van der Waals surface area (Å²) in [6, 6.07) is 12.2. The van der Waals surface area contributed by atoms with Gasteiger partial charge in [0, 0.05) is 73.1 Å². The van der Waals surface area contributed by atoms with Crippen LogP contribution in [0.5, 0.6) is 5.75 Å². The fourth-order valence-corrected chi connectivity index (χ4v) is 1.85. The maximum absolute atomic E-state index is 11.6. The second kappa shape index (κ2) is 19.0. The zero-order valence-electron chi connectivity index (χ0n) is 19.3. The first-order valence-corrected chi connectivity index (χ1v) is 10.1. The number of nitrogens with one attached hydrogen (secondary N) is 1. The number of carbonyl (C=O) groups is 1. The van der Waals surface area contributed by atoms with E-state index in [9.17, 15) is 4.79 Å². The van der Waals surface area contributed by atoms with E-state index in [4.69, 9.17) is 4.74 Å². The largest absolute Gasteiger partial charge is 0.471 e. The van der Waals surface area contributed by atoms with E-state index in [1.807, 2.05) is 0 Å². The molecule has 0 spiro atoms. The van der Waals surface area contributed by atoms with Gasteiger partial charge in [-0.1, -0.05) is 24.0 Å². The lowest BCUT2D eigenvalue weighted by molar-refractivity contribution is 0.0963. The summed E-state index contributed by atoms with van der Waals surface area (Å²) in [5, 5.41) is 2.56. The predicted octanol–water partition coefficient (Wildman–Crippen LogP) is 2.78. The highest BCUT2D eigenvalue weighted by molar-refractivity contribution is 5.94. The number of rotatable bonds is 6. The molecule has 4 nitrogen and oxygen atoms in total. The lowest BCUT2D eigenvalue weighted by Gasteiger charge is -2.11. The molecule has 166 valence electrons. The lowest BCUT2D eigenvalue weighted by Crippen LogP contribution is -2.19. The van der Waals surface area contributed by atoms with Crippen LogP contribution in [0.1, 0.15) is 23.2 Å². The van der Waals surface area contributed by atoms with E-state index in [0.29, 0.717) is 24.2 Å². The number of benzene rings is 1. The molecular formula is C31H20N2O2. The van der Waals surface area contributed by atoms with Crippen LogP contribution in [0, 0.1) is 95.0 Å². The van der Waals surface area contributed by atoms with E-state index in [0.717, 1.165) is 0 Å². The van der Waals surface area contributed by atoms with Crippen molar-refractivity contribution in [2.45, 2.75) is 12.8 Å². The van der Waals surface area contributed by atoms with Crippen LogP contribution in [0.3, 0.4) is 0 Å².